The van der Waals surface area contributed by atoms with Crippen LogP contribution in [-0.4, -0.2) is 37.2 Å². The molecule has 0 aromatic heterocycles. The molecule has 0 saturated heterocycles. The molecule has 0 rings (SSSR count). The van der Waals surface area contributed by atoms with E-state index in [1.165, 1.54) is 212 Å². The maximum Gasteiger partial charge on any atom is 0.306 e. The number of hydrogen-bond donors (Lipinski definition) is 0. The van der Waals surface area contributed by atoms with E-state index < -0.39 is 6.10 Å². The lowest BCUT2D eigenvalue weighted by Gasteiger charge is -2.18. The van der Waals surface area contributed by atoms with Gasteiger partial charge in [-0.1, -0.05) is 301 Å². The molecular formula is C68H124O6. The van der Waals surface area contributed by atoms with Crippen LogP contribution in [0, 0.1) is 0 Å². The summed E-state index contributed by atoms with van der Waals surface area (Å²) in [5.74, 6) is -0.870. The van der Waals surface area contributed by atoms with Crippen LogP contribution in [-0.2, 0) is 28.6 Å². The molecule has 0 aromatic rings. The number of unbranched alkanes of at least 4 members (excludes halogenated alkanes) is 41. The van der Waals surface area contributed by atoms with E-state index in [0.29, 0.717) is 19.3 Å². The maximum atomic E-state index is 12.9. The van der Waals surface area contributed by atoms with Gasteiger partial charge in [-0.25, -0.2) is 0 Å². The standard InChI is InChI=1S/C68H124O6/c1-4-7-10-13-16-19-22-25-28-30-31-32-33-34-35-36-37-38-41-43-46-49-52-55-58-61-67(70)73-64-65(63-72-66(69)60-57-54-51-48-45-42-39-27-24-21-18-15-12-9-6-3)74-68(71)62-59-56-53-50-47-44-40-29-26-23-20-17-14-11-8-5-2/h9,12,18,21,27,30-31,39,65H,4-8,10-11,13-17,19-20,22-26,28-29,32-38,40-64H2,1-3H3/b12-9-,21-18-,31-30-,39-27-. The zero-order chi connectivity index (χ0) is 53.6. The largest absolute Gasteiger partial charge is 0.462 e. The molecule has 1 unspecified atom stereocenters. The number of carbonyl (C=O) groups excluding carboxylic acids is 3. The predicted octanol–water partition coefficient (Wildman–Crippen LogP) is 22.2. The monoisotopic (exact) mass is 1040 g/mol. The Balaban J connectivity index is 4.27. The minimum atomic E-state index is -0.778. The molecule has 0 aromatic carbocycles. The van der Waals surface area contributed by atoms with Gasteiger partial charge < -0.3 is 14.2 Å². The van der Waals surface area contributed by atoms with E-state index in [1.54, 1.807) is 0 Å². The van der Waals surface area contributed by atoms with Crippen molar-refractivity contribution in [3.8, 4) is 0 Å². The normalized spacial score (nSPS) is 12.3. The van der Waals surface area contributed by atoms with Crippen molar-refractivity contribution in [2.45, 2.75) is 354 Å². The van der Waals surface area contributed by atoms with Crippen molar-refractivity contribution in [2.75, 3.05) is 13.2 Å². The topological polar surface area (TPSA) is 78.9 Å². The molecule has 0 bridgehead atoms. The second kappa shape index (κ2) is 62.9. The summed E-state index contributed by atoms with van der Waals surface area (Å²) in [6.45, 7) is 6.57. The molecule has 0 aliphatic heterocycles. The third kappa shape index (κ3) is 60.2. The average molecular weight is 1040 g/mol. The fourth-order valence-corrected chi connectivity index (χ4v) is 9.69. The zero-order valence-electron chi connectivity index (χ0n) is 49.6. The van der Waals surface area contributed by atoms with Crippen molar-refractivity contribution in [1.82, 2.24) is 0 Å². The molecule has 74 heavy (non-hydrogen) atoms. The fourth-order valence-electron chi connectivity index (χ4n) is 9.69. The lowest BCUT2D eigenvalue weighted by Crippen LogP contribution is -2.30. The molecule has 0 spiro atoms. The summed E-state index contributed by atoms with van der Waals surface area (Å²) in [4.78, 5) is 38.3. The summed E-state index contributed by atoms with van der Waals surface area (Å²) in [5, 5.41) is 0. The SMILES string of the molecule is CC/C=C\C/C=C\C/C=C\CCCCCCCC(=O)OCC(COC(=O)CCCCCCCCCCCCCCC/C=C\CCCCCCCCCC)OC(=O)CCCCCCCCCCCCCCCCCC. The highest BCUT2D eigenvalue weighted by molar-refractivity contribution is 5.71. The van der Waals surface area contributed by atoms with Gasteiger partial charge in [-0.15, -0.1) is 0 Å². The first-order valence-corrected chi connectivity index (χ1v) is 32.6. The Morgan fingerprint density at radius 1 is 0.284 bits per heavy atom. The Labute approximate surface area is 460 Å². The second-order valence-electron chi connectivity index (χ2n) is 22.0. The summed E-state index contributed by atoms with van der Waals surface area (Å²) in [6.07, 6.45) is 78.4. The molecule has 0 saturated carbocycles. The molecule has 0 aliphatic carbocycles. The number of rotatable bonds is 60. The van der Waals surface area contributed by atoms with Crippen LogP contribution in [0.2, 0.25) is 0 Å². The van der Waals surface area contributed by atoms with Gasteiger partial charge in [-0.2, -0.15) is 0 Å². The minimum Gasteiger partial charge on any atom is -0.462 e. The molecule has 6 nitrogen and oxygen atoms in total. The smallest absolute Gasteiger partial charge is 0.306 e. The number of hydrogen-bond acceptors (Lipinski definition) is 6. The first-order chi connectivity index (χ1) is 36.5. The van der Waals surface area contributed by atoms with Crippen LogP contribution in [0.4, 0.5) is 0 Å². The van der Waals surface area contributed by atoms with Gasteiger partial charge in [0, 0.05) is 19.3 Å². The Bertz CT molecular complexity index is 1280. The third-order valence-corrected chi connectivity index (χ3v) is 14.6. The van der Waals surface area contributed by atoms with E-state index in [1.807, 2.05) is 0 Å². The van der Waals surface area contributed by atoms with E-state index >= 15 is 0 Å². The second-order valence-corrected chi connectivity index (χ2v) is 22.0. The molecular weight excluding hydrogens is 913 g/mol. The van der Waals surface area contributed by atoms with Crippen molar-refractivity contribution in [1.29, 1.82) is 0 Å². The zero-order valence-corrected chi connectivity index (χ0v) is 49.6. The summed E-state index contributed by atoms with van der Waals surface area (Å²) in [7, 11) is 0. The molecule has 0 radical (unpaired) electrons. The van der Waals surface area contributed by atoms with Gasteiger partial charge >= 0.3 is 17.9 Å². The predicted molar refractivity (Wildman–Crippen MR) is 321 cm³/mol. The Morgan fingerprint density at radius 2 is 0.527 bits per heavy atom. The molecule has 0 fully saturated rings. The summed E-state index contributed by atoms with van der Waals surface area (Å²) >= 11 is 0. The highest BCUT2D eigenvalue weighted by Crippen LogP contribution is 2.17. The molecule has 0 aliphatic rings. The van der Waals surface area contributed by atoms with E-state index in [4.69, 9.17) is 14.2 Å². The van der Waals surface area contributed by atoms with Gasteiger partial charge in [0.2, 0.25) is 0 Å². The van der Waals surface area contributed by atoms with Crippen LogP contribution >= 0.6 is 0 Å². The number of carbonyl (C=O) groups is 3. The van der Waals surface area contributed by atoms with Crippen molar-refractivity contribution in [3.05, 3.63) is 48.6 Å². The van der Waals surface area contributed by atoms with Crippen molar-refractivity contribution in [3.63, 3.8) is 0 Å². The van der Waals surface area contributed by atoms with Crippen LogP contribution in [0.15, 0.2) is 48.6 Å². The molecule has 0 heterocycles. The molecule has 0 N–H and O–H groups in total. The van der Waals surface area contributed by atoms with Crippen LogP contribution in [0.3, 0.4) is 0 Å². The van der Waals surface area contributed by atoms with Crippen LogP contribution in [0.5, 0.6) is 0 Å². The molecule has 1 atom stereocenters. The number of esters is 3. The highest BCUT2D eigenvalue weighted by Gasteiger charge is 2.19. The first kappa shape index (κ1) is 71.4. The van der Waals surface area contributed by atoms with Gasteiger partial charge in [0.1, 0.15) is 13.2 Å². The minimum absolute atomic E-state index is 0.0748. The Morgan fingerprint density at radius 3 is 0.838 bits per heavy atom. The summed E-state index contributed by atoms with van der Waals surface area (Å²) in [5.41, 5.74) is 0. The maximum absolute atomic E-state index is 12.9. The molecule has 6 heteroatoms. The number of ether oxygens (including phenoxy) is 3. The van der Waals surface area contributed by atoms with Gasteiger partial charge in [0.15, 0.2) is 6.10 Å². The highest BCUT2D eigenvalue weighted by atomic mass is 16.6. The Kier molecular flexibility index (Phi) is 60.7. The molecule has 432 valence electrons. The van der Waals surface area contributed by atoms with Crippen molar-refractivity contribution >= 4 is 17.9 Å². The summed E-state index contributed by atoms with van der Waals surface area (Å²) < 4.78 is 16.9. The van der Waals surface area contributed by atoms with E-state index in [2.05, 4.69) is 69.4 Å². The third-order valence-electron chi connectivity index (χ3n) is 14.6. The lowest BCUT2D eigenvalue weighted by atomic mass is 10.0. The van der Waals surface area contributed by atoms with Gasteiger partial charge in [-0.3, -0.25) is 14.4 Å². The molecule has 0 amide bonds. The van der Waals surface area contributed by atoms with Gasteiger partial charge in [0.25, 0.3) is 0 Å². The lowest BCUT2D eigenvalue weighted by molar-refractivity contribution is -0.167. The van der Waals surface area contributed by atoms with E-state index in [9.17, 15) is 14.4 Å². The fraction of sp³-hybridized carbons (Fsp3) is 0.838. The van der Waals surface area contributed by atoms with Crippen molar-refractivity contribution < 1.29 is 28.6 Å². The average Bonchev–Trinajstić information content (AvgIpc) is 3.40. The van der Waals surface area contributed by atoms with E-state index in [0.717, 1.165) is 96.3 Å². The quantitative estimate of drug-likeness (QED) is 0.0261. The van der Waals surface area contributed by atoms with E-state index in [-0.39, 0.29) is 31.1 Å². The summed E-state index contributed by atoms with van der Waals surface area (Å²) in [6, 6.07) is 0. The van der Waals surface area contributed by atoms with Gasteiger partial charge in [0.05, 0.1) is 0 Å². The Hall–Kier alpha value is -2.63. The van der Waals surface area contributed by atoms with Gasteiger partial charge in [-0.05, 0) is 77.0 Å². The van der Waals surface area contributed by atoms with Crippen LogP contribution in [0.1, 0.15) is 348 Å². The first-order valence-electron chi connectivity index (χ1n) is 32.6. The van der Waals surface area contributed by atoms with Crippen LogP contribution < -0.4 is 0 Å². The van der Waals surface area contributed by atoms with Crippen molar-refractivity contribution in [2.24, 2.45) is 0 Å². The van der Waals surface area contributed by atoms with Crippen LogP contribution in [0.25, 0.3) is 0 Å². The number of allylic oxidation sites excluding steroid dienone is 8.